The van der Waals surface area contributed by atoms with Gasteiger partial charge in [0, 0.05) is 0 Å². The Morgan fingerprint density at radius 2 is 1.27 bits per heavy atom. The lowest BCUT2D eigenvalue weighted by Crippen LogP contribution is -2.03. The van der Waals surface area contributed by atoms with Crippen LogP contribution in [-0.4, -0.2) is 16.2 Å². The number of aromatic hydroxyl groups is 1. The van der Waals surface area contributed by atoms with Crippen molar-refractivity contribution < 1.29 is 15.0 Å². The van der Waals surface area contributed by atoms with Crippen LogP contribution in [0.15, 0.2) is 12.1 Å². The number of carbonyl (C=O) groups is 1. The molecule has 3 nitrogen and oxygen atoms in total. The molecule has 0 aliphatic carbocycles. The van der Waals surface area contributed by atoms with Gasteiger partial charge < -0.3 is 10.2 Å². The van der Waals surface area contributed by atoms with Crippen LogP contribution in [0, 0.1) is 0 Å². The summed E-state index contributed by atoms with van der Waals surface area (Å²) in [4.78, 5) is 11.3. The fourth-order valence-corrected chi connectivity index (χ4v) is 3.54. The highest BCUT2D eigenvalue weighted by atomic mass is 16.4. The summed E-state index contributed by atoms with van der Waals surface area (Å²) in [5, 5.41) is 19.8. The Bertz CT molecular complexity index is 522. The third kappa shape index (κ3) is 8.25. The van der Waals surface area contributed by atoms with Crippen LogP contribution in [0.5, 0.6) is 5.75 Å². The van der Waals surface area contributed by atoms with E-state index >= 15 is 0 Å². The van der Waals surface area contributed by atoms with Gasteiger partial charge in [-0.05, 0) is 42.9 Å². The van der Waals surface area contributed by atoms with Gasteiger partial charge >= 0.3 is 5.97 Å². The van der Waals surface area contributed by atoms with E-state index in [1.54, 1.807) is 6.07 Å². The van der Waals surface area contributed by atoms with Crippen LogP contribution in [0.25, 0.3) is 0 Å². The number of hydrogen-bond donors (Lipinski definition) is 2. The lowest BCUT2D eigenvalue weighted by atomic mass is 9.93. The minimum atomic E-state index is -1.04. The van der Waals surface area contributed by atoms with Crippen LogP contribution in [0.1, 0.15) is 112 Å². The molecule has 3 heteroatoms. The van der Waals surface area contributed by atoms with Gasteiger partial charge in [0.15, 0.2) is 0 Å². The van der Waals surface area contributed by atoms with Crippen molar-refractivity contribution in [3.8, 4) is 5.75 Å². The number of benzene rings is 1. The fourth-order valence-electron chi connectivity index (χ4n) is 3.54. The van der Waals surface area contributed by atoms with E-state index in [-0.39, 0.29) is 11.3 Å². The lowest BCUT2D eigenvalue weighted by Gasteiger charge is -2.14. The van der Waals surface area contributed by atoms with Crippen molar-refractivity contribution >= 4 is 5.97 Å². The Morgan fingerprint density at radius 1 is 0.769 bits per heavy atom. The maximum absolute atomic E-state index is 11.3. The summed E-state index contributed by atoms with van der Waals surface area (Å²) >= 11 is 0. The second kappa shape index (κ2) is 13.7. The van der Waals surface area contributed by atoms with E-state index in [4.69, 9.17) is 0 Å². The summed E-state index contributed by atoms with van der Waals surface area (Å²) in [5.74, 6) is -1.05. The van der Waals surface area contributed by atoms with Crippen LogP contribution in [0.4, 0.5) is 0 Å². The quantitative estimate of drug-likeness (QED) is 0.334. The molecule has 148 valence electrons. The molecule has 0 saturated carbocycles. The molecular formula is C23H38O3. The second-order valence-electron chi connectivity index (χ2n) is 7.44. The molecule has 0 fully saturated rings. The Kier molecular flexibility index (Phi) is 11.8. The number of phenols is 1. The number of hydrogen-bond acceptors (Lipinski definition) is 2. The van der Waals surface area contributed by atoms with E-state index in [0.29, 0.717) is 0 Å². The Balaban J connectivity index is 2.63. The minimum Gasteiger partial charge on any atom is -0.507 e. The number of rotatable bonds is 15. The molecule has 0 radical (unpaired) electrons. The monoisotopic (exact) mass is 362 g/mol. The molecule has 0 saturated heterocycles. The van der Waals surface area contributed by atoms with Gasteiger partial charge in [0.25, 0.3) is 0 Å². The first kappa shape index (κ1) is 22.5. The van der Waals surface area contributed by atoms with Crippen LogP contribution < -0.4 is 0 Å². The summed E-state index contributed by atoms with van der Waals surface area (Å²) in [6, 6.07) is 3.48. The highest BCUT2D eigenvalue weighted by molar-refractivity contribution is 5.91. The van der Waals surface area contributed by atoms with Crippen LogP contribution in [-0.2, 0) is 12.8 Å². The van der Waals surface area contributed by atoms with Crippen LogP contribution in [0.2, 0.25) is 0 Å². The Hall–Kier alpha value is -1.51. The first-order valence-electron chi connectivity index (χ1n) is 10.7. The molecule has 0 aliphatic rings. The van der Waals surface area contributed by atoms with E-state index in [1.807, 2.05) is 6.07 Å². The third-order valence-electron chi connectivity index (χ3n) is 5.19. The lowest BCUT2D eigenvalue weighted by molar-refractivity contribution is 0.0693. The van der Waals surface area contributed by atoms with Crippen molar-refractivity contribution in [3.05, 3.63) is 28.8 Å². The maximum Gasteiger partial charge on any atom is 0.339 e. The molecule has 1 rings (SSSR count). The van der Waals surface area contributed by atoms with Gasteiger partial charge in [0.1, 0.15) is 11.3 Å². The predicted octanol–water partition coefficient (Wildman–Crippen LogP) is 6.90. The average molecular weight is 363 g/mol. The third-order valence-corrected chi connectivity index (χ3v) is 5.19. The SMILES string of the molecule is CCCCCCCCc1ccc(C(=O)O)c(O)c1CCCCCCCC. The molecule has 26 heavy (non-hydrogen) atoms. The highest BCUT2D eigenvalue weighted by Gasteiger charge is 2.16. The Morgan fingerprint density at radius 3 is 1.81 bits per heavy atom. The Labute approximate surface area is 159 Å². The summed E-state index contributed by atoms with van der Waals surface area (Å²) < 4.78 is 0. The summed E-state index contributed by atoms with van der Waals surface area (Å²) in [6.45, 7) is 4.44. The van der Waals surface area contributed by atoms with Crippen molar-refractivity contribution in [2.75, 3.05) is 0 Å². The molecule has 0 atom stereocenters. The fraction of sp³-hybridized carbons (Fsp3) is 0.696. The topological polar surface area (TPSA) is 57.5 Å². The summed E-state index contributed by atoms with van der Waals surface area (Å²) in [5.41, 5.74) is 2.04. The molecule has 0 aliphatic heterocycles. The number of aryl methyl sites for hydroxylation is 1. The molecule has 0 unspecified atom stereocenters. The number of unbranched alkanes of at least 4 members (excludes halogenated alkanes) is 10. The first-order chi connectivity index (χ1) is 12.6. The minimum absolute atomic E-state index is 0.00505. The number of carboxylic acids is 1. The molecule has 0 spiro atoms. The standard InChI is InChI=1S/C23H38O3/c1-3-5-7-9-11-13-15-19-17-18-21(23(25)26)22(24)20(19)16-14-12-10-8-6-4-2/h17-18,24H,3-16H2,1-2H3,(H,25,26). The molecular weight excluding hydrogens is 324 g/mol. The summed E-state index contributed by atoms with van der Waals surface area (Å²) in [7, 11) is 0. The van der Waals surface area contributed by atoms with Gasteiger partial charge in [-0.15, -0.1) is 0 Å². The van der Waals surface area contributed by atoms with Gasteiger partial charge in [0.2, 0.25) is 0 Å². The van der Waals surface area contributed by atoms with Crippen molar-refractivity contribution in [3.63, 3.8) is 0 Å². The van der Waals surface area contributed by atoms with Gasteiger partial charge in [0.05, 0.1) is 0 Å². The maximum atomic E-state index is 11.3. The zero-order valence-corrected chi connectivity index (χ0v) is 16.9. The van der Waals surface area contributed by atoms with Crippen molar-refractivity contribution in [1.29, 1.82) is 0 Å². The second-order valence-corrected chi connectivity index (χ2v) is 7.44. The van der Waals surface area contributed by atoms with E-state index < -0.39 is 5.97 Å². The van der Waals surface area contributed by atoms with Crippen molar-refractivity contribution in [2.24, 2.45) is 0 Å². The first-order valence-corrected chi connectivity index (χ1v) is 10.7. The van der Waals surface area contributed by atoms with Crippen LogP contribution in [0.3, 0.4) is 0 Å². The van der Waals surface area contributed by atoms with E-state index in [1.165, 1.54) is 57.8 Å². The summed E-state index contributed by atoms with van der Waals surface area (Å²) in [6.07, 6.45) is 16.3. The van der Waals surface area contributed by atoms with Gasteiger partial charge in [-0.2, -0.15) is 0 Å². The normalized spacial score (nSPS) is 11.0. The zero-order chi connectivity index (χ0) is 19.2. The van der Waals surface area contributed by atoms with Crippen molar-refractivity contribution in [1.82, 2.24) is 0 Å². The van der Waals surface area contributed by atoms with Gasteiger partial charge in [-0.25, -0.2) is 4.79 Å². The molecule has 1 aromatic carbocycles. The molecule has 1 aromatic rings. The molecule has 0 aromatic heterocycles. The highest BCUT2D eigenvalue weighted by Crippen LogP contribution is 2.29. The van der Waals surface area contributed by atoms with Gasteiger partial charge in [-0.1, -0.05) is 84.1 Å². The zero-order valence-electron chi connectivity index (χ0n) is 16.9. The number of aromatic carboxylic acids is 1. The number of carboxylic acid groups (broad SMARTS) is 1. The average Bonchev–Trinajstić information content (AvgIpc) is 2.62. The van der Waals surface area contributed by atoms with E-state index in [0.717, 1.165) is 43.2 Å². The molecule has 2 N–H and O–H groups in total. The molecule has 0 bridgehead atoms. The van der Waals surface area contributed by atoms with E-state index in [2.05, 4.69) is 13.8 Å². The largest absolute Gasteiger partial charge is 0.507 e. The van der Waals surface area contributed by atoms with Crippen LogP contribution >= 0.6 is 0 Å². The molecule has 0 amide bonds. The molecule has 0 heterocycles. The van der Waals surface area contributed by atoms with Crippen molar-refractivity contribution in [2.45, 2.75) is 104 Å². The van der Waals surface area contributed by atoms with Gasteiger partial charge in [-0.3, -0.25) is 0 Å². The van der Waals surface area contributed by atoms with E-state index in [9.17, 15) is 15.0 Å². The smallest absolute Gasteiger partial charge is 0.339 e. The predicted molar refractivity (Wildman–Crippen MR) is 109 cm³/mol.